The van der Waals surface area contributed by atoms with Crippen LogP contribution in [0.15, 0.2) is 48.9 Å². The van der Waals surface area contributed by atoms with E-state index in [1.807, 2.05) is 37.5 Å². The van der Waals surface area contributed by atoms with Gasteiger partial charge in [0.1, 0.15) is 5.82 Å². The van der Waals surface area contributed by atoms with Crippen molar-refractivity contribution in [2.24, 2.45) is 0 Å². The average molecular weight is 552 g/mol. The highest BCUT2D eigenvalue weighted by Crippen LogP contribution is 2.33. The summed E-state index contributed by atoms with van der Waals surface area (Å²) >= 11 is 2.34. The number of alkyl halides is 1. The fraction of sp³-hybridized carbons (Fsp3) is 0.320. The lowest BCUT2D eigenvalue weighted by molar-refractivity contribution is -0.121. The summed E-state index contributed by atoms with van der Waals surface area (Å²) in [4.78, 5) is 28.2. The molecule has 1 amide bonds. The predicted octanol–water partition coefficient (Wildman–Crippen LogP) is 4.51. The van der Waals surface area contributed by atoms with E-state index in [1.165, 1.54) is 0 Å². The summed E-state index contributed by atoms with van der Waals surface area (Å²) in [6.07, 6.45) is 7.76. The number of nitrogens with zero attached hydrogens (tertiary/aromatic N) is 5. The van der Waals surface area contributed by atoms with Crippen LogP contribution in [-0.2, 0) is 9.22 Å². The Hall–Kier alpha value is -3.06. The number of rotatable bonds is 6. The first-order valence-corrected chi connectivity index (χ1v) is 12.6. The van der Waals surface area contributed by atoms with Gasteiger partial charge in [0.25, 0.3) is 0 Å². The van der Waals surface area contributed by atoms with Crippen molar-refractivity contribution in [1.82, 2.24) is 20.3 Å². The molecule has 3 aromatic rings. The molecule has 0 unspecified atom stereocenters. The molecule has 1 aliphatic heterocycles. The standard InChI is InChI=1S/C25H25IN6O/c1-2-23(33)30-20-8-11-32(12-9-20)22-16-29-24(18-5-3-17(14-27)4-6-18)25(31-22)21-7-10-28-15-19(21)13-26/h3-7,10,15-16,20H,2,8-9,11-13H2,1H3,(H,30,33). The SMILES string of the molecule is CCC(=O)NC1CCN(c2cnc(-c3ccc(C#N)cc3)c(-c3ccncc3CI)n2)CC1. The van der Waals surface area contributed by atoms with Crippen LogP contribution in [0.25, 0.3) is 22.5 Å². The Morgan fingerprint density at radius 2 is 1.94 bits per heavy atom. The number of benzene rings is 1. The lowest BCUT2D eigenvalue weighted by atomic mass is 10.0. The molecule has 8 heteroatoms. The van der Waals surface area contributed by atoms with Crippen molar-refractivity contribution in [3.05, 3.63) is 60.0 Å². The first kappa shape index (κ1) is 23.1. The fourth-order valence-corrected chi connectivity index (χ4v) is 4.59. The minimum atomic E-state index is 0.103. The first-order chi connectivity index (χ1) is 16.1. The number of carbonyl (C=O) groups is 1. The summed E-state index contributed by atoms with van der Waals surface area (Å²) < 4.78 is 0.808. The molecule has 0 spiro atoms. The molecule has 1 saturated heterocycles. The number of aromatic nitrogens is 3. The zero-order chi connectivity index (χ0) is 23.2. The van der Waals surface area contributed by atoms with E-state index in [4.69, 9.17) is 15.2 Å². The van der Waals surface area contributed by atoms with Crippen LogP contribution in [0.5, 0.6) is 0 Å². The summed E-state index contributed by atoms with van der Waals surface area (Å²) in [5.41, 5.74) is 5.23. The van der Waals surface area contributed by atoms with Crippen LogP contribution in [-0.4, -0.2) is 40.0 Å². The van der Waals surface area contributed by atoms with Crippen LogP contribution in [0.2, 0.25) is 0 Å². The van der Waals surface area contributed by atoms with E-state index in [2.05, 4.69) is 43.9 Å². The van der Waals surface area contributed by atoms with Gasteiger partial charge < -0.3 is 10.2 Å². The minimum absolute atomic E-state index is 0.103. The number of carbonyl (C=O) groups excluding carboxylic acids is 1. The molecule has 168 valence electrons. The molecule has 1 fully saturated rings. The predicted molar refractivity (Wildman–Crippen MR) is 137 cm³/mol. The quantitative estimate of drug-likeness (QED) is 0.358. The van der Waals surface area contributed by atoms with E-state index in [1.54, 1.807) is 18.3 Å². The average Bonchev–Trinajstić information content (AvgIpc) is 2.88. The Bertz CT molecular complexity index is 1170. The third kappa shape index (κ3) is 5.30. The number of nitrogens with one attached hydrogen (secondary N) is 1. The van der Waals surface area contributed by atoms with Gasteiger partial charge in [0.05, 0.1) is 29.2 Å². The smallest absolute Gasteiger partial charge is 0.219 e. The molecule has 4 rings (SSSR count). The summed E-state index contributed by atoms with van der Waals surface area (Å²) in [6.45, 7) is 3.50. The van der Waals surface area contributed by atoms with E-state index in [-0.39, 0.29) is 11.9 Å². The van der Waals surface area contributed by atoms with Gasteiger partial charge in [0.2, 0.25) is 5.91 Å². The maximum Gasteiger partial charge on any atom is 0.219 e. The van der Waals surface area contributed by atoms with Crippen LogP contribution in [0.3, 0.4) is 0 Å². The third-order valence-electron chi connectivity index (χ3n) is 5.86. The molecule has 1 aliphatic rings. The monoisotopic (exact) mass is 552 g/mol. The van der Waals surface area contributed by atoms with Crippen molar-refractivity contribution < 1.29 is 4.79 Å². The normalized spacial score (nSPS) is 14.0. The fourth-order valence-electron chi connectivity index (χ4n) is 3.98. The van der Waals surface area contributed by atoms with Crippen LogP contribution < -0.4 is 10.2 Å². The van der Waals surface area contributed by atoms with Gasteiger partial charge in [0.15, 0.2) is 0 Å². The molecule has 33 heavy (non-hydrogen) atoms. The zero-order valence-corrected chi connectivity index (χ0v) is 20.6. The van der Waals surface area contributed by atoms with E-state index in [0.717, 1.165) is 64.3 Å². The van der Waals surface area contributed by atoms with Gasteiger partial charge in [-0.25, -0.2) is 4.98 Å². The van der Waals surface area contributed by atoms with Gasteiger partial charge in [-0.1, -0.05) is 41.6 Å². The number of pyridine rings is 1. The Morgan fingerprint density at radius 3 is 2.61 bits per heavy atom. The summed E-state index contributed by atoms with van der Waals surface area (Å²) in [6, 6.07) is 11.8. The number of anilines is 1. The van der Waals surface area contributed by atoms with Gasteiger partial charge in [-0.15, -0.1) is 0 Å². The van der Waals surface area contributed by atoms with Crippen LogP contribution in [0, 0.1) is 11.3 Å². The number of piperidine rings is 1. The largest absolute Gasteiger partial charge is 0.355 e. The maximum atomic E-state index is 11.7. The highest BCUT2D eigenvalue weighted by atomic mass is 127. The van der Waals surface area contributed by atoms with Crippen LogP contribution in [0.1, 0.15) is 37.3 Å². The Morgan fingerprint density at radius 1 is 1.18 bits per heavy atom. The molecule has 0 aliphatic carbocycles. The van der Waals surface area contributed by atoms with Crippen LogP contribution in [0.4, 0.5) is 5.82 Å². The summed E-state index contributed by atoms with van der Waals surface area (Å²) in [7, 11) is 0. The lowest BCUT2D eigenvalue weighted by Crippen LogP contribution is -2.44. The van der Waals surface area contributed by atoms with Crippen molar-refractivity contribution in [1.29, 1.82) is 5.26 Å². The first-order valence-electron chi connectivity index (χ1n) is 11.0. The number of amides is 1. The molecule has 1 N–H and O–H groups in total. The molecular weight excluding hydrogens is 527 g/mol. The van der Waals surface area contributed by atoms with Gasteiger partial charge >= 0.3 is 0 Å². The molecule has 0 atom stereocenters. The Labute approximate surface area is 207 Å². The molecule has 3 heterocycles. The lowest BCUT2D eigenvalue weighted by Gasteiger charge is -2.33. The van der Waals surface area contributed by atoms with Gasteiger partial charge in [0, 0.05) is 53.5 Å². The molecule has 2 aromatic heterocycles. The molecule has 7 nitrogen and oxygen atoms in total. The van der Waals surface area contributed by atoms with E-state index in [9.17, 15) is 4.79 Å². The zero-order valence-electron chi connectivity index (χ0n) is 18.5. The summed E-state index contributed by atoms with van der Waals surface area (Å²) in [5, 5.41) is 12.2. The molecule has 0 radical (unpaired) electrons. The van der Waals surface area contributed by atoms with E-state index >= 15 is 0 Å². The number of halogens is 1. The molecule has 1 aromatic carbocycles. The number of nitriles is 1. The number of hydrogen-bond donors (Lipinski definition) is 1. The van der Waals surface area contributed by atoms with Crippen molar-refractivity contribution >= 4 is 34.3 Å². The van der Waals surface area contributed by atoms with Crippen molar-refractivity contribution in [2.75, 3.05) is 18.0 Å². The second kappa shape index (κ2) is 10.7. The highest BCUT2D eigenvalue weighted by molar-refractivity contribution is 14.1. The Kier molecular flexibility index (Phi) is 7.50. The maximum absolute atomic E-state index is 11.7. The third-order valence-corrected chi connectivity index (χ3v) is 6.68. The van der Waals surface area contributed by atoms with E-state index < -0.39 is 0 Å². The van der Waals surface area contributed by atoms with Gasteiger partial charge in [-0.2, -0.15) is 5.26 Å². The van der Waals surface area contributed by atoms with Crippen LogP contribution >= 0.6 is 22.6 Å². The van der Waals surface area contributed by atoms with E-state index in [0.29, 0.717) is 12.0 Å². The van der Waals surface area contributed by atoms with Crippen molar-refractivity contribution in [3.8, 4) is 28.6 Å². The number of hydrogen-bond acceptors (Lipinski definition) is 6. The summed E-state index contributed by atoms with van der Waals surface area (Å²) in [5.74, 6) is 0.935. The molecule has 0 bridgehead atoms. The second-order valence-corrected chi connectivity index (χ2v) is 8.73. The van der Waals surface area contributed by atoms with Crippen molar-refractivity contribution in [2.45, 2.75) is 36.7 Å². The second-order valence-electron chi connectivity index (χ2n) is 7.96. The molecule has 0 saturated carbocycles. The highest BCUT2D eigenvalue weighted by Gasteiger charge is 2.23. The molecular formula is C25H25IN6O. The minimum Gasteiger partial charge on any atom is -0.355 e. The van der Waals surface area contributed by atoms with Gasteiger partial charge in [-0.05, 0) is 36.6 Å². The van der Waals surface area contributed by atoms with Gasteiger partial charge in [-0.3, -0.25) is 14.8 Å². The topological polar surface area (TPSA) is 94.8 Å². The Balaban J connectivity index is 1.68. The van der Waals surface area contributed by atoms with Crippen molar-refractivity contribution in [3.63, 3.8) is 0 Å².